The lowest BCUT2D eigenvalue weighted by molar-refractivity contribution is 0.0642. The average molecular weight is 379 g/mol. The lowest BCUT2D eigenvalue weighted by Crippen LogP contribution is -2.48. The SMILES string of the molecule is C=CCCC(O)CN1CCN(Cc2nc(C(=O)NCC(C)CC)co2)CC1. The summed E-state index contributed by atoms with van der Waals surface area (Å²) in [5.41, 5.74) is 0.345. The Balaban J connectivity index is 1.72. The van der Waals surface area contributed by atoms with Gasteiger partial charge in [0.2, 0.25) is 5.89 Å². The van der Waals surface area contributed by atoms with Crippen LogP contribution in [0.3, 0.4) is 0 Å². The minimum absolute atomic E-state index is 0.177. The maximum Gasteiger partial charge on any atom is 0.273 e. The number of carbonyl (C=O) groups excluding carboxylic acids is 1. The Morgan fingerprint density at radius 3 is 2.78 bits per heavy atom. The van der Waals surface area contributed by atoms with E-state index in [1.54, 1.807) is 0 Å². The van der Waals surface area contributed by atoms with Crippen LogP contribution < -0.4 is 5.32 Å². The molecule has 1 aromatic rings. The highest BCUT2D eigenvalue weighted by atomic mass is 16.3. The van der Waals surface area contributed by atoms with Gasteiger partial charge in [-0.15, -0.1) is 6.58 Å². The average Bonchev–Trinajstić information content (AvgIpc) is 3.14. The third kappa shape index (κ3) is 7.44. The zero-order valence-electron chi connectivity index (χ0n) is 16.7. The zero-order chi connectivity index (χ0) is 19.6. The van der Waals surface area contributed by atoms with E-state index < -0.39 is 0 Å². The van der Waals surface area contributed by atoms with Crippen molar-refractivity contribution in [2.75, 3.05) is 39.3 Å². The fourth-order valence-electron chi connectivity index (χ4n) is 3.01. The van der Waals surface area contributed by atoms with E-state index in [0.717, 1.165) is 45.4 Å². The number of aliphatic hydroxyl groups excluding tert-OH is 1. The number of rotatable bonds is 11. The molecule has 1 aliphatic rings. The molecule has 2 heterocycles. The molecular weight excluding hydrogens is 344 g/mol. The second kappa shape index (κ2) is 11.2. The number of allylic oxidation sites excluding steroid dienone is 1. The van der Waals surface area contributed by atoms with Crippen LogP contribution in [-0.2, 0) is 6.54 Å². The fraction of sp³-hybridized carbons (Fsp3) is 0.700. The molecule has 1 aliphatic heterocycles. The highest BCUT2D eigenvalue weighted by Crippen LogP contribution is 2.11. The molecule has 1 fully saturated rings. The summed E-state index contributed by atoms with van der Waals surface area (Å²) in [5.74, 6) is 0.846. The van der Waals surface area contributed by atoms with Crippen molar-refractivity contribution < 1.29 is 14.3 Å². The van der Waals surface area contributed by atoms with Crippen LogP contribution in [0.2, 0.25) is 0 Å². The number of aromatic nitrogens is 1. The van der Waals surface area contributed by atoms with Crippen molar-refractivity contribution in [1.29, 1.82) is 0 Å². The molecule has 0 saturated carbocycles. The highest BCUT2D eigenvalue weighted by molar-refractivity contribution is 5.91. The fourth-order valence-corrected chi connectivity index (χ4v) is 3.01. The van der Waals surface area contributed by atoms with Crippen LogP contribution in [0.4, 0.5) is 0 Å². The number of hydrogen-bond acceptors (Lipinski definition) is 6. The summed E-state index contributed by atoms with van der Waals surface area (Å²) in [7, 11) is 0. The summed E-state index contributed by atoms with van der Waals surface area (Å²) < 4.78 is 5.48. The predicted octanol–water partition coefficient (Wildman–Crippen LogP) is 1.90. The lowest BCUT2D eigenvalue weighted by atomic mass is 10.1. The van der Waals surface area contributed by atoms with Crippen LogP contribution in [0.1, 0.15) is 49.5 Å². The maximum atomic E-state index is 12.1. The molecule has 2 rings (SSSR count). The molecule has 1 saturated heterocycles. The van der Waals surface area contributed by atoms with Gasteiger partial charge in [-0.3, -0.25) is 14.6 Å². The molecule has 152 valence electrons. The Kier molecular flexibility index (Phi) is 8.97. The molecule has 0 aliphatic carbocycles. The van der Waals surface area contributed by atoms with Gasteiger partial charge in [-0.05, 0) is 18.8 Å². The smallest absolute Gasteiger partial charge is 0.273 e. The molecule has 7 heteroatoms. The summed E-state index contributed by atoms with van der Waals surface area (Å²) in [6.07, 6.45) is 5.63. The van der Waals surface area contributed by atoms with Crippen molar-refractivity contribution in [3.8, 4) is 0 Å². The molecule has 7 nitrogen and oxygen atoms in total. The van der Waals surface area contributed by atoms with Gasteiger partial charge in [0.25, 0.3) is 5.91 Å². The van der Waals surface area contributed by atoms with Gasteiger partial charge in [-0.25, -0.2) is 4.98 Å². The van der Waals surface area contributed by atoms with E-state index >= 15 is 0 Å². The Labute approximate surface area is 162 Å². The van der Waals surface area contributed by atoms with E-state index in [1.807, 2.05) is 6.08 Å². The first-order valence-corrected chi connectivity index (χ1v) is 9.98. The Hall–Kier alpha value is -1.70. The van der Waals surface area contributed by atoms with E-state index in [4.69, 9.17) is 4.42 Å². The van der Waals surface area contributed by atoms with Gasteiger partial charge < -0.3 is 14.8 Å². The van der Waals surface area contributed by atoms with Crippen LogP contribution in [0.15, 0.2) is 23.3 Å². The number of carbonyl (C=O) groups is 1. The number of nitrogens with one attached hydrogen (secondary N) is 1. The van der Waals surface area contributed by atoms with Crippen molar-refractivity contribution in [3.05, 3.63) is 30.5 Å². The largest absolute Gasteiger partial charge is 0.447 e. The summed E-state index contributed by atoms with van der Waals surface area (Å²) in [6.45, 7) is 13.5. The third-order valence-electron chi connectivity index (χ3n) is 5.09. The number of piperazine rings is 1. The van der Waals surface area contributed by atoms with E-state index in [9.17, 15) is 9.90 Å². The van der Waals surface area contributed by atoms with Gasteiger partial charge in [-0.2, -0.15) is 0 Å². The first kappa shape index (κ1) is 21.6. The summed E-state index contributed by atoms with van der Waals surface area (Å²) in [4.78, 5) is 21.0. The van der Waals surface area contributed by atoms with Crippen molar-refractivity contribution >= 4 is 5.91 Å². The molecule has 2 unspecified atom stereocenters. The Bertz CT molecular complexity index is 582. The zero-order valence-corrected chi connectivity index (χ0v) is 16.7. The van der Waals surface area contributed by atoms with E-state index in [0.29, 0.717) is 37.1 Å². The number of hydrogen-bond donors (Lipinski definition) is 2. The second-order valence-corrected chi connectivity index (χ2v) is 7.45. The molecule has 0 radical (unpaired) electrons. The van der Waals surface area contributed by atoms with Crippen LogP contribution >= 0.6 is 0 Å². The molecule has 0 aromatic carbocycles. The van der Waals surface area contributed by atoms with Crippen LogP contribution in [0.5, 0.6) is 0 Å². The predicted molar refractivity (Wildman–Crippen MR) is 105 cm³/mol. The molecular formula is C20H34N4O3. The minimum atomic E-state index is -0.294. The molecule has 0 spiro atoms. The van der Waals surface area contributed by atoms with Crippen molar-refractivity contribution in [2.24, 2.45) is 5.92 Å². The monoisotopic (exact) mass is 378 g/mol. The third-order valence-corrected chi connectivity index (χ3v) is 5.09. The van der Waals surface area contributed by atoms with Gasteiger partial charge >= 0.3 is 0 Å². The van der Waals surface area contributed by atoms with Crippen molar-refractivity contribution in [2.45, 2.75) is 45.8 Å². The first-order chi connectivity index (χ1) is 13.0. The van der Waals surface area contributed by atoms with E-state index in [1.165, 1.54) is 6.26 Å². The van der Waals surface area contributed by atoms with Crippen LogP contribution in [-0.4, -0.2) is 71.2 Å². The molecule has 27 heavy (non-hydrogen) atoms. The van der Waals surface area contributed by atoms with E-state index in [-0.39, 0.29) is 12.0 Å². The summed E-state index contributed by atoms with van der Waals surface area (Å²) in [6, 6.07) is 0. The molecule has 2 N–H and O–H groups in total. The Morgan fingerprint density at radius 1 is 1.41 bits per heavy atom. The molecule has 1 aromatic heterocycles. The van der Waals surface area contributed by atoms with Crippen molar-refractivity contribution in [3.63, 3.8) is 0 Å². The number of nitrogens with zero attached hydrogens (tertiary/aromatic N) is 3. The summed E-state index contributed by atoms with van der Waals surface area (Å²) >= 11 is 0. The normalized spacial score (nSPS) is 18.2. The Morgan fingerprint density at radius 2 is 2.11 bits per heavy atom. The minimum Gasteiger partial charge on any atom is -0.447 e. The van der Waals surface area contributed by atoms with E-state index in [2.05, 4.69) is 40.5 Å². The van der Waals surface area contributed by atoms with Gasteiger partial charge in [0.15, 0.2) is 5.69 Å². The van der Waals surface area contributed by atoms with Gasteiger partial charge in [0.05, 0.1) is 12.6 Å². The number of aliphatic hydroxyl groups is 1. The second-order valence-electron chi connectivity index (χ2n) is 7.45. The maximum absolute atomic E-state index is 12.1. The quantitative estimate of drug-likeness (QED) is 0.573. The number of amides is 1. The highest BCUT2D eigenvalue weighted by Gasteiger charge is 2.21. The first-order valence-electron chi connectivity index (χ1n) is 9.98. The molecule has 0 bridgehead atoms. The van der Waals surface area contributed by atoms with Crippen LogP contribution in [0.25, 0.3) is 0 Å². The van der Waals surface area contributed by atoms with Gasteiger partial charge in [0, 0.05) is 39.3 Å². The van der Waals surface area contributed by atoms with Crippen LogP contribution in [0, 0.1) is 5.92 Å². The topological polar surface area (TPSA) is 81.8 Å². The lowest BCUT2D eigenvalue weighted by Gasteiger charge is -2.34. The number of oxazole rings is 1. The van der Waals surface area contributed by atoms with Gasteiger partial charge in [-0.1, -0.05) is 26.3 Å². The number of β-amino-alcohol motifs (C(OH)–C–C–N with tert-alkyl or cyclic N) is 1. The summed E-state index contributed by atoms with van der Waals surface area (Å²) in [5, 5.41) is 12.9. The standard InChI is InChI=1S/C20H34N4O3/c1-4-6-7-17(25)13-23-8-10-24(11-9-23)14-19-22-18(15-27-19)20(26)21-12-16(3)5-2/h4,15-17,25H,1,5-14H2,2-3H3,(H,21,26). The molecule has 1 amide bonds. The van der Waals surface area contributed by atoms with Gasteiger partial charge in [0.1, 0.15) is 6.26 Å². The molecule has 2 atom stereocenters. The van der Waals surface area contributed by atoms with Crippen molar-refractivity contribution in [1.82, 2.24) is 20.1 Å².